The van der Waals surface area contributed by atoms with E-state index in [1.165, 1.54) is 15.9 Å². The van der Waals surface area contributed by atoms with E-state index in [0.29, 0.717) is 18.1 Å². The van der Waals surface area contributed by atoms with E-state index in [4.69, 9.17) is 4.98 Å². The number of hydrogen-bond donors (Lipinski definition) is 1. The molecule has 2 aliphatic rings. The molecule has 0 bridgehead atoms. The molecule has 1 amide bonds. The Balaban J connectivity index is 1.32. The highest BCUT2D eigenvalue weighted by atomic mass is 32.1. The summed E-state index contributed by atoms with van der Waals surface area (Å²) in [6.45, 7) is 2.01. The minimum Gasteiger partial charge on any atom is -0.352 e. The topological polar surface area (TPSA) is 79.6 Å². The second kappa shape index (κ2) is 8.18. The average molecular weight is 424 g/mol. The second-order valence-electron chi connectivity index (χ2n) is 8.12. The number of amides is 1. The van der Waals surface area contributed by atoms with Gasteiger partial charge in [-0.1, -0.05) is 41.7 Å². The minimum atomic E-state index is -0.0765. The highest BCUT2D eigenvalue weighted by Gasteiger charge is 2.28. The molecule has 1 saturated heterocycles. The van der Waals surface area contributed by atoms with E-state index in [9.17, 15) is 9.59 Å². The van der Waals surface area contributed by atoms with Gasteiger partial charge in [0.1, 0.15) is 0 Å². The molecule has 0 saturated carbocycles. The van der Waals surface area contributed by atoms with Gasteiger partial charge in [-0.15, -0.1) is 5.10 Å². The molecule has 3 aromatic rings. The van der Waals surface area contributed by atoms with E-state index in [-0.39, 0.29) is 17.4 Å². The smallest absolute Gasteiger partial charge is 0.278 e. The van der Waals surface area contributed by atoms with E-state index in [1.54, 1.807) is 0 Å². The number of carbonyl (C=O) groups excluding carboxylic acids is 1. The third kappa shape index (κ3) is 3.71. The zero-order chi connectivity index (χ0) is 20.5. The highest BCUT2D eigenvalue weighted by Crippen LogP contribution is 2.28. The lowest BCUT2D eigenvalue weighted by Gasteiger charge is -2.31. The van der Waals surface area contributed by atoms with Crippen LogP contribution in [0, 0.1) is 5.92 Å². The van der Waals surface area contributed by atoms with Crippen LogP contribution >= 0.6 is 11.3 Å². The second-order valence-corrected chi connectivity index (χ2v) is 9.05. The van der Waals surface area contributed by atoms with Crippen molar-refractivity contribution in [3.8, 4) is 0 Å². The monoisotopic (exact) mass is 423 g/mol. The predicted molar refractivity (Wildman–Crippen MR) is 117 cm³/mol. The maximum Gasteiger partial charge on any atom is 0.278 e. The Morgan fingerprint density at radius 2 is 2.00 bits per heavy atom. The zero-order valence-corrected chi connectivity index (χ0v) is 17.7. The van der Waals surface area contributed by atoms with E-state index in [1.807, 2.05) is 30.3 Å². The maximum absolute atomic E-state index is 12.8. The Bertz CT molecular complexity index is 1120. The molecule has 1 aliphatic carbocycles. The SMILES string of the molecule is O=C(NCc1ccccc1)C1CCCN(c2nn3c(=O)c4c(nc3s2)CCCC4)C1. The normalized spacial score (nSPS) is 18.9. The third-order valence-corrected chi connectivity index (χ3v) is 7.01. The van der Waals surface area contributed by atoms with Gasteiger partial charge in [0.15, 0.2) is 0 Å². The van der Waals surface area contributed by atoms with Gasteiger partial charge in [0.25, 0.3) is 5.56 Å². The van der Waals surface area contributed by atoms with Crippen molar-refractivity contribution in [1.82, 2.24) is 19.9 Å². The molecule has 2 aromatic heterocycles. The number of carbonyl (C=O) groups is 1. The Hall–Kier alpha value is -2.74. The summed E-state index contributed by atoms with van der Waals surface area (Å²) in [6, 6.07) is 9.95. The number of fused-ring (bicyclic) bond motifs is 2. The molecule has 30 heavy (non-hydrogen) atoms. The fourth-order valence-corrected chi connectivity index (χ4v) is 5.33. The van der Waals surface area contributed by atoms with Crippen molar-refractivity contribution in [1.29, 1.82) is 0 Å². The number of hydrogen-bond acceptors (Lipinski definition) is 6. The van der Waals surface area contributed by atoms with Crippen LogP contribution in [0.4, 0.5) is 5.13 Å². The molecule has 5 rings (SSSR count). The van der Waals surface area contributed by atoms with Crippen LogP contribution < -0.4 is 15.8 Å². The summed E-state index contributed by atoms with van der Waals surface area (Å²) in [7, 11) is 0. The molecule has 1 unspecified atom stereocenters. The molecule has 1 aromatic carbocycles. The number of nitrogens with one attached hydrogen (secondary N) is 1. The Morgan fingerprint density at radius 1 is 1.17 bits per heavy atom. The summed E-state index contributed by atoms with van der Waals surface area (Å²) in [5.74, 6) is 0.00258. The first-order valence-electron chi connectivity index (χ1n) is 10.7. The summed E-state index contributed by atoms with van der Waals surface area (Å²) in [6.07, 6.45) is 5.60. The lowest BCUT2D eigenvalue weighted by Crippen LogP contribution is -2.43. The van der Waals surface area contributed by atoms with E-state index in [2.05, 4.69) is 15.3 Å². The van der Waals surface area contributed by atoms with Gasteiger partial charge in [-0.25, -0.2) is 4.98 Å². The number of aryl methyl sites for hydroxylation is 1. The molecular formula is C22H25N5O2S. The van der Waals surface area contributed by atoms with Crippen molar-refractivity contribution < 1.29 is 4.79 Å². The van der Waals surface area contributed by atoms with Crippen molar-refractivity contribution >= 4 is 27.3 Å². The van der Waals surface area contributed by atoms with Crippen LogP contribution in [0.2, 0.25) is 0 Å². The van der Waals surface area contributed by atoms with Crippen LogP contribution in [0.1, 0.15) is 42.5 Å². The number of piperidine rings is 1. The Labute approximate surface area is 178 Å². The first-order valence-corrected chi connectivity index (χ1v) is 11.5. The molecule has 1 atom stereocenters. The number of benzene rings is 1. The number of rotatable bonds is 4. The lowest BCUT2D eigenvalue weighted by atomic mass is 9.97. The fraction of sp³-hybridized carbons (Fsp3) is 0.455. The van der Waals surface area contributed by atoms with Gasteiger partial charge in [0, 0.05) is 25.2 Å². The fourth-order valence-electron chi connectivity index (χ4n) is 4.38. The molecule has 7 nitrogen and oxygen atoms in total. The number of nitrogens with zero attached hydrogens (tertiary/aromatic N) is 4. The summed E-state index contributed by atoms with van der Waals surface area (Å²) in [5.41, 5.74) is 2.84. The van der Waals surface area contributed by atoms with Gasteiger partial charge in [0.05, 0.1) is 11.6 Å². The Kier molecular flexibility index (Phi) is 5.25. The highest BCUT2D eigenvalue weighted by molar-refractivity contribution is 7.20. The number of aromatic nitrogens is 3. The summed E-state index contributed by atoms with van der Waals surface area (Å²) >= 11 is 1.45. The number of anilines is 1. The summed E-state index contributed by atoms with van der Waals surface area (Å²) in [5, 5.41) is 8.43. The molecule has 0 radical (unpaired) electrons. The van der Waals surface area contributed by atoms with Crippen molar-refractivity contribution in [2.24, 2.45) is 5.92 Å². The van der Waals surface area contributed by atoms with Crippen LogP contribution in [-0.4, -0.2) is 33.6 Å². The van der Waals surface area contributed by atoms with Gasteiger partial charge in [-0.3, -0.25) is 9.59 Å². The van der Waals surface area contributed by atoms with Crippen LogP contribution in [0.25, 0.3) is 4.96 Å². The first-order chi connectivity index (χ1) is 14.7. The van der Waals surface area contributed by atoms with Crippen LogP contribution in [0.5, 0.6) is 0 Å². The van der Waals surface area contributed by atoms with Crippen molar-refractivity contribution in [3.63, 3.8) is 0 Å². The largest absolute Gasteiger partial charge is 0.352 e. The zero-order valence-electron chi connectivity index (χ0n) is 16.8. The van der Waals surface area contributed by atoms with E-state index >= 15 is 0 Å². The molecule has 1 fully saturated rings. The predicted octanol–water partition coefficient (Wildman–Crippen LogP) is 2.56. The third-order valence-electron chi connectivity index (χ3n) is 6.04. The quantitative estimate of drug-likeness (QED) is 0.698. The van der Waals surface area contributed by atoms with Gasteiger partial charge >= 0.3 is 0 Å². The van der Waals surface area contributed by atoms with E-state index < -0.39 is 0 Å². The molecule has 3 heterocycles. The minimum absolute atomic E-state index is 0.0219. The van der Waals surface area contributed by atoms with Crippen molar-refractivity contribution in [3.05, 3.63) is 57.5 Å². The lowest BCUT2D eigenvalue weighted by molar-refractivity contribution is -0.125. The maximum atomic E-state index is 12.8. The van der Waals surface area contributed by atoms with Gasteiger partial charge in [-0.05, 0) is 44.1 Å². The van der Waals surface area contributed by atoms with Gasteiger partial charge in [-0.2, -0.15) is 4.52 Å². The first kappa shape index (κ1) is 19.2. The molecule has 0 spiro atoms. The van der Waals surface area contributed by atoms with Crippen LogP contribution in [-0.2, 0) is 24.2 Å². The molecule has 156 valence electrons. The van der Waals surface area contributed by atoms with Crippen molar-refractivity contribution in [2.75, 3.05) is 18.0 Å². The molecule has 1 aliphatic heterocycles. The van der Waals surface area contributed by atoms with Gasteiger partial charge < -0.3 is 10.2 Å². The van der Waals surface area contributed by atoms with Crippen LogP contribution in [0.15, 0.2) is 35.1 Å². The van der Waals surface area contributed by atoms with E-state index in [0.717, 1.165) is 67.0 Å². The summed E-state index contributed by atoms with van der Waals surface area (Å²) in [4.78, 5) is 33.1. The molecular weight excluding hydrogens is 398 g/mol. The standard InChI is InChI=1S/C22H25N5O2S/c28-19(23-13-15-7-2-1-3-8-15)16-9-6-12-26(14-16)22-25-27-20(29)17-10-4-5-11-18(17)24-21(27)30-22/h1-3,7-8,16H,4-6,9-14H2,(H,23,28). The van der Waals surface area contributed by atoms with Crippen LogP contribution in [0.3, 0.4) is 0 Å². The Morgan fingerprint density at radius 3 is 2.87 bits per heavy atom. The van der Waals surface area contributed by atoms with Crippen molar-refractivity contribution in [2.45, 2.75) is 45.1 Å². The average Bonchev–Trinajstić information content (AvgIpc) is 3.23. The molecule has 1 N–H and O–H groups in total. The molecule has 8 heteroatoms. The summed E-state index contributed by atoms with van der Waals surface area (Å²) < 4.78 is 1.46. The van der Waals surface area contributed by atoms with Gasteiger partial charge in [0.2, 0.25) is 16.0 Å².